The van der Waals surface area contributed by atoms with Crippen molar-refractivity contribution in [3.63, 3.8) is 0 Å². The van der Waals surface area contributed by atoms with E-state index in [2.05, 4.69) is 21.3 Å². The Kier molecular flexibility index (Phi) is 11.4. The van der Waals surface area contributed by atoms with E-state index < -0.39 is 35.8 Å². The van der Waals surface area contributed by atoms with Gasteiger partial charge in [0.25, 0.3) is 5.91 Å². The van der Waals surface area contributed by atoms with Gasteiger partial charge in [-0.2, -0.15) is 0 Å². The lowest BCUT2D eigenvalue weighted by Crippen LogP contribution is -2.49. The van der Waals surface area contributed by atoms with Crippen LogP contribution in [0.1, 0.15) is 28.6 Å². The van der Waals surface area contributed by atoms with Gasteiger partial charge >= 0.3 is 5.97 Å². The van der Waals surface area contributed by atoms with Crippen molar-refractivity contribution in [1.82, 2.24) is 21.3 Å². The van der Waals surface area contributed by atoms with E-state index in [1.54, 1.807) is 19.1 Å². The number of rotatable bonds is 13. The number of benzene rings is 1. The Morgan fingerprint density at radius 2 is 1.81 bits per heavy atom. The van der Waals surface area contributed by atoms with Crippen LogP contribution >= 0.6 is 23.2 Å². The molecule has 0 saturated carbocycles. The normalized spacial score (nSPS) is 12.7. The maximum Gasteiger partial charge on any atom is 0.328 e. The molecule has 0 aliphatic heterocycles. The van der Waals surface area contributed by atoms with Gasteiger partial charge in [0, 0.05) is 25.7 Å². The summed E-state index contributed by atoms with van der Waals surface area (Å²) in [6.45, 7) is 1.27. The summed E-state index contributed by atoms with van der Waals surface area (Å²) in [6, 6.07) is 4.76. The Hall–Kier alpha value is -3.38. The molecule has 2 aromatic rings. The average Bonchev–Trinajstić information content (AvgIpc) is 3.32. The van der Waals surface area contributed by atoms with Crippen LogP contribution in [0, 0.1) is 0 Å². The van der Waals surface area contributed by atoms with Gasteiger partial charge in [-0.3, -0.25) is 14.4 Å². The average molecular weight is 541 g/mol. The zero-order chi connectivity index (χ0) is 26.7. The lowest BCUT2D eigenvalue weighted by molar-refractivity contribution is -0.139. The molecule has 6 N–H and O–H groups in total. The molecular weight excluding hydrogens is 515 g/mol. The third-order valence-corrected chi connectivity index (χ3v) is 5.17. The fourth-order valence-electron chi connectivity index (χ4n) is 2.84. The molecule has 2 atom stereocenters. The monoisotopic (exact) mass is 540 g/mol. The van der Waals surface area contributed by atoms with Gasteiger partial charge in [-0.05, 0) is 42.8 Å². The van der Waals surface area contributed by atoms with E-state index in [0.717, 1.165) is 0 Å². The van der Waals surface area contributed by atoms with Crippen LogP contribution in [0.2, 0.25) is 10.0 Å². The number of carbonyl (C=O) groups is 4. The Labute approximate surface area is 216 Å². The van der Waals surface area contributed by atoms with E-state index in [4.69, 9.17) is 32.7 Å². The summed E-state index contributed by atoms with van der Waals surface area (Å²) in [5.74, 6) is -2.63. The van der Waals surface area contributed by atoms with E-state index in [9.17, 15) is 24.3 Å². The van der Waals surface area contributed by atoms with Gasteiger partial charge in [0.2, 0.25) is 11.8 Å². The van der Waals surface area contributed by atoms with Gasteiger partial charge in [0.15, 0.2) is 0 Å². The number of amides is 3. The predicted molar refractivity (Wildman–Crippen MR) is 133 cm³/mol. The van der Waals surface area contributed by atoms with Gasteiger partial charge in [-0.25, -0.2) is 4.79 Å². The Morgan fingerprint density at radius 3 is 2.39 bits per heavy atom. The summed E-state index contributed by atoms with van der Waals surface area (Å²) < 4.78 is 5.10. The number of nitrogens with one attached hydrogen (secondary N) is 4. The molecule has 0 spiro atoms. The molecule has 36 heavy (non-hydrogen) atoms. The molecule has 1 aromatic carbocycles. The van der Waals surface area contributed by atoms with Gasteiger partial charge in [0.05, 0.1) is 34.5 Å². The Bertz CT molecular complexity index is 1080. The second-order valence-corrected chi connectivity index (χ2v) is 8.46. The smallest absolute Gasteiger partial charge is 0.328 e. The molecule has 0 saturated heterocycles. The highest BCUT2D eigenvalue weighted by Crippen LogP contribution is 2.27. The molecule has 194 valence electrons. The quantitative estimate of drug-likeness (QED) is 0.206. The van der Waals surface area contributed by atoms with E-state index in [-0.39, 0.29) is 41.8 Å². The molecule has 2 rings (SSSR count). The van der Waals surface area contributed by atoms with Crippen LogP contribution < -0.4 is 21.3 Å². The number of carboxylic acid groups (broad SMARTS) is 1. The fourth-order valence-corrected chi connectivity index (χ4v) is 3.54. The third-order valence-electron chi connectivity index (χ3n) is 4.57. The van der Waals surface area contributed by atoms with Crippen LogP contribution in [0.5, 0.6) is 0 Å². The number of halogens is 2. The summed E-state index contributed by atoms with van der Waals surface area (Å²) in [6.07, 6.45) is 3.62. The van der Waals surface area contributed by atoms with Crippen LogP contribution in [0.4, 0.5) is 0 Å². The first-order chi connectivity index (χ1) is 17.1. The minimum absolute atomic E-state index is 0.0501. The summed E-state index contributed by atoms with van der Waals surface area (Å²) in [5.41, 5.74) is 0.357. The van der Waals surface area contributed by atoms with E-state index in [0.29, 0.717) is 11.3 Å². The summed E-state index contributed by atoms with van der Waals surface area (Å²) in [4.78, 5) is 48.0. The topological polar surface area (TPSA) is 170 Å². The van der Waals surface area contributed by atoms with Crippen LogP contribution in [-0.4, -0.2) is 65.7 Å². The molecule has 3 amide bonds. The molecule has 0 bridgehead atoms. The van der Waals surface area contributed by atoms with Crippen molar-refractivity contribution in [2.75, 3.05) is 19.6 Å². The van der Waals surface area contributed by atoms with Crippen molar-refractivity contribution < 1.29 is 33.8 Å². The lowest BCUT2D eigenvalue weighted by Gasteiger charge is -2.17. The Balaban J connectivity index is 1.95. The minimum Gasteiger partial charge on any atom is -0.480 e. The highest BCUT2D eigenvalue weighted by Gasteiger charge is 2.24. The molecule has 1 heterocycles. The molecule has 0 aliphatic rings. The number of hydrogen-bond acceptors (Lipinski definition) is 7. The van der Waals surface area contributed by atoms with Crippen molar-refractivity contribution in [2.45, 2.75) is 25.6 Å². The van der Waals surface area contributed by atoms with E-state index in [1.165, 1.54) is 30.5 Å². The number of carboxylic acids is 1. The van der Waals surface area contributed by atoms with Crippen LogP contribution in [0.15, 0.2) is 41.0 Å². The van der Waals surface area contributed by atoms with Gasteiger partial charge in [-0.1, -0.05) is 23.2 Å². The van der Waals surface area contributed by atoms with Crippen LogP contribution in [-0.2, 0) is 20.9 Å². The standard InChI is InChI=1S/C23H26Cl2N4O7/c1-13(30)9-26-12-20(32)28-11-18(23(34)35)29-22(33)21-16(24)7-14(8-17(21)25)10-27-19(31)5-4-15-3-2-6-36-15/h2-8,13,18,26,30H,9-12H2,1H3,(H,27,31)(H,28,32)(H,29,33)(H,34,35)/b5-4+/t13-,18-/m0/s1. The number of furan rings is 1. The number of aliphatic carboxylic acids is 1. The zero-order valence-electron chi connectivity index (χ0n) is 19.2. The van der Waals surface area contributed by atoms with Gasteiger partial charge in [0.1, 0.15) is 11.8 Å². The molecule has 0 radical (unpaired) electrons. The molecule has 1 aromatic heterocycles. The summed E-state index contributed by atoms with van der Waals surface area (Å²) >= 11 is 12.4. The van der Waals surface area contributed by atoms with Crippen molar-refractivity contribution in [3.8, 4) is 0 Å². The first-order valence-electron chi connectivity index (χ1n) is 10.7. The van der Waals surface area contributed by atoms with Crippen molar-refractivity contribution in [2.24, 2.45) is 0 Å². The first kappa shape index (κ1) is 28.9. The van der Waals surface area contributed by atoms with Crippen LogP contribution in [0.3, 0.4) is 0 Å². The predicted octanol–water partition coefficient (Wildman–Crippen LogP) is 1.19. The largest absolute Gasteiger partial charge is 0.480 e. The fraction of sp³-hybridized carbons (Fsp3) is 0.304. The Morgan fingerprint density at radius 1 is 1.11 bits per heavy atom. The molecular formula is C23H26Cl2N4O7. The molecule has 0 aliphatic carbocycles. The second-order valence-electron chi connectivity index (χ2n) is 7.65. The highest BCUT2D eigenvalue weighted by molar-refractivity contribution is 6.39. The maximum atomic E-state index is 12.7. The van der Waals surface area contributed by atoms with Crippen molar-refractivity contribution in [3.05, 3.63) is 63.5 Å². The molecule has 0 fully saturated rings. The number of aliphatic hydroxyl groups excluding tert-OH is 1. The third kappa shape index (κ3) is 9.70. The minimum atomic E-state index is -1.45. The molecule has 13 heteroatoms. The number of hydrogen-bond donors (Lipinski definition) is 6. The van der Waals surface area contributed by atoms with Crippen molar-refractivity contribution >= 4 is 53.0 Å². The molecule has 11 nitrogen and oxygen atoms in total. The lowest BCUT2D eigenvalue weighted by atomic mass is 10.1. The van der Waals surface area contributed by atoms with Crippen LogP contribution in [0.25, 0.3) is 6.08 Å². The SMILES string of the molecule is C[C@H](O)CNCC(=O)NC[C@H](NC(=O)c1c(Cl)cc(CNC(=O)/C=C/c2ccco2)cc1Cl)C(=O)O. The summed E-state index contributed by atoms with van der Waals surface area (Å²) in [5, 5.41) is 28.5. The van der Waals surface area contributed by atoms with E-state index in [1.807, 2.05) is 0 Å². The number of carbonyl (C=O) groups excluding carboxylic acids is 3. The highest BCUT2D eigenvalue weighted by atomic mass is 35.5. The van der Waals surface area contributed by atoms with E-state index >= 15 is 0 Å². The zero-order valence-corrected chi connectivity index (χ0v) is 20.7. The first-order valence-corrected chi connectivity index (χ1v) is 11.5. The maximum absolute atomic E-state index is 12.7. The molecule has 0 unspecified atom stereocenters. The van der Waals surface area contributed by atoms with Gasteiger partial charge < -0.3 is 35.9 Å². The van der Waals surface area contributed by atoms with Gasteiger partial charge in [-0.15, -0.1) is 0 Å². The second kappa shape index (κ2) is 14.2. The van der Waals surface area contributed by atoms with Crippen molar-refractivity contribution in [1.29, 1.82) is 0 Å². The summed E-state index contributed by atoms with van der Waals surface area (Å²) in [7, 11) is 0. The number of aliphatic hydroxyl groups is 1.